The fourth-order valence-corrected chi connectivity index (χ4v) is 0.848. The standard InChI is InChI=1S/C7H20N4/c1-6(2-4-8)11-5-3-7(9)10/h6-7,11H,2-5,8-10H2,1H3. The van der Waals surface area contributed by atoms with Crippen LogP contribution in [0.25, 0.3) is 0 Å². The highest BCUT2D eigenvalue weighted by molar-refractivity contribution is 4.62. The summed E-state index contributed by atoms with van der Waals surface area (Å²) in [5.41, 5.74) is 16.1. The van der Waals surface area contributed by atoms with Gasteiger partial charge in [0.15, 0.2) is 0 Å². The largest absolute Gasteiger partial charge is 0.330 e. The van der Waals surface area contributed by atoms with E-state index < -0.39 is 0 Å². The van der Waals surface area contributed by atoms with E-state index in [1.54, 1.807) is 0 Å². The van der Waals surface area contributed by atoms with Crippen molar-refractivity contribution < 1.29 is 0 Å². The first-order valence-corrected chi connectivity index (χ1v) is 4.11. The average Bonchev–Trinajstić information content (AvgIpc) is 1.87. The fourth-order valence-electron chi connectivity index (χ4n) is 0.848. The highest BCUT2D eigenvalue weighted by atomic mass is 14.9. The minimum absolute atomic E-state index is 0.201. The monoisotopic (exact) mass is 160 g/mol. The molecule has 11 heavy (non-hydrogen) atoms. The molecule has 0 aliphatic heterocycles. The van der Waals surface area contributed by atoms with Crippen LogP contribution in [0, 0.1) is 0 Å². The van der Waals surface area contributed by atoms with E-state index in [2.05, 4.69) is 12.2 Å². The summed E-state index contributed by atoms with van der Waals surface area (Å²) in [5.74, 6) is 0. The molecule has 0 fully saturated rings. The van der Waals surface area contributed by atoms with Crippen molar-refractivity contribution in [1.29, 1.82) is 0 Å². The van der Waals surface area contributed by atoms with Gasteiger partial charge in [0.05, 0.1) is 6.17 Å². The van der Waals surface area contributed by atoms with Crippen molar-refractivity contribution in [3.05, 3.63) is 0 Å². The summed E-state index contributed by atoms with van der Waals surface area (Å²) in [7, 11) is 0. The van der Waals surface area contributed by atoms with Crippen molar-refractivity contribution in [3.63, 3.8) is 0 Å². The summed E-state index contributed by atoms with van der Waals surface area (Å²) in [6, 6.07) is 0.471. The van der Waals surface area contributed by atoms with Crippen LogP contribution in [0.2, 0.25) is 0 Å². The first-order chi connectivity index (χ1) is 5.16. The summed E-state index contributed by atoms with van der Waals surface area (Å²) in [4.78, 5) is 0. The zero-order valence-electron chi connectivity index (χ0n) is 7.22. The summed E-state index contributed by atoms with van der Waals surface area (Å²) in [5, 5.41) is 3.27. The quantitative estimate of drug-likeness (QED) is 0.373. The molecule has 0 aromatic heterocycles. The molecule has 0 aromatic carbocycles. The Hall–Kier alpha value is -0.160. The van der Waals surface area contributed by atoms with E-state index >= 15 is 0 Å². The third-order valence-electron chi connectivity index (χ3n) is 1.57. The maximum atomic E-state index is 5.37. The lowest BCUT2D eigenvalue weighted by atomic mass is 10.2. The van der Waals surface area contributed by atoms with Crippen LogP contribution >= 0.6 is 0 Å². The minimum atomic E-state index is -0.201. The Kier molecular flexibility index (Phi) is 6.45. The highest BCUT2D eigenvalue weighted by Gasteiger charge is 1.99. The van der Waals surface area contributed by atoms with Gasteiger partial charge in [0.2, 0.25) is 0 Å². The molecule has 0 saturated heterocycles. The zero-order chi connectivity index (χ0) is 8.69. The minimum Gasteiger partial charge on any atom is -0.330 e. The smallest absolute Gasteiger partial charge is 0.0533 e. The third kappa shape index (κ3) is 7.74. The summed E-state index contributed by atoms with van der Waals surface area (Å²) in [6.07, 6.45) is 1.61. The van der Waals surface area contributed by atoms with Crippen LogP contribution in [0.4, 0.5) is 0 Å². The molecule has 4 heteroatoms. The van der Waals surface area contributed by atoms with Crippen LogP contribution in [-0.4, -0.2) is 25.3 Å². The molecule has 0 aromatic rings. The maximum Gasteiger partial charge on any atom is 0.0533 e. The van der Waals surface area contributed by atoms with Crippen LogP contribution in [-0.2, 0) is 0 Å². The van der Waals surface area contributed by atoms with Crippen molar-refractivity contribution >= 4 is 0 Å². The molecular formula is C7H20N4. The van der Waals surface area contributed by atoms with Crippen molar-refractivity contribution in [2.75, 3.05) is 13.1 Å². The van der Waals surface area contributed by atoms with Crippen LogP contribution < -0.4 is 22.5 Å². The first-order valence-electron chi connectivity index (χ1n) is 4.11. The average molecular weight is 160 g/mol. The van der Waals surface area contributed by atoms with Gasteiger partial charge in [0, 0.05) is 6.04 Å². The Morgan fingerprint density at radius 3 is 2.36 bits per heavy atom. The van der Waals surface area contributed by atoms with Crippen molar-refractivity contribution in [1.82, 2.24) is 5.32 Å². The van der Waals surface area contributed by atoms with Gasteiger partial charge in [-0.05, 0) is 32.9 Å². The topological polar surface area (TPSA) is 90.1 Å². The van der Waals surface area contributed by atoms with Gasteiger partial charge in [0.1, 0.15) is 0 Å². The molecule has 0 radical (unpaired) electrons. The molecule has 0 aliphatic rings. The molecule has 4 nitrogen and oxygen atoms in total. The zero-order valence-corrected chi connectivity index (χ0v) is 7.22. The predicted molar refractivity (Wildman–Crippen MR) is 47.9 cm³/mol. The van der Waals surface area contributed by atoms with Crippen molar-refractivity contribution in [2.45, 2.75) is 32.0 Å². The van der Waals surface area contributed by atoms with Gasteiger partial charge >= 0.3 is 0 Å². The molecule has 1 unspecified atom stereocenters. The molecule has 0 rings (SSSR count). The second-order valence-corrected chi connectivity index (χ2v) is 2.89. The summed E-state index contributed by atoms with van der Waals surface area (Å²) in [6.45, 7) is 3.70. The molecule has 0 saturated carbocycles. The molecule has 1 atom stereocenters. The van der Waals surface area contributed by atoms with Crippen molar-refractivity contribution in [3.8, 4) is 0 Å². The summed E-state index contributed by atoms with van der Waals surface area (Å²) >= 11 is 0. The molecule has 68 valence electrons. The predicted octanol–water partition coefficient (Wildman–Crippen LogP) is -1.05. The Labute approximate surface area is 68.5 Å². The van der Waals surface area contributed by atoms with Gasteiger partial charge in [-0.15, -0.1) is 0 Å². The lowest BCUT2D eigenvalue weighted by Crippen LogP contribution is -2.37. The second kappa shape index (κ2) is 6.54. The van der Waals surface area contributed by atoms with E-state index in [9.17, 15) is 0 Å². The molecule has 0 amide bonds. The van der Waals surface area contributed by atoms with E-state index in [4.69, 9.17) is 17.2 Å². The Balaban J connectivity index is 3.10. The SMILES string of the molecule is CC(CCN)NCCC(N)N. The van der Waals surface area contributed by atoms with E-state index in [1.807, 2.05) is 0 Å². The maximum absolute atomic E-state index is 5.37. The van der Waals surface area contributed by atoms with Crippen LogP contribution in [0.1, 0.15) is 19.8 Å². The molecule has 0 spiro atoms. The first kappa shape index (κ1) is 10.8. The number of rotatable bonds is 6. The lowest BCUT2D eigenvalue weighted by molar-refractivity contribution is 0.489. The van der Waals surface area contributed by atoms with Crippen LogP contribution in [0.3, 0.4) is 0 Å². The molecular weight excluding hydrogens is 140 g/mol. The van der Waals surface area contributed by atoms with Gasteiger partial charge in [0.25, 0.3) is 0 Å². The van der Waals surface area contributed by atoms with Gasteiger partial charge < -0.3 is 22.5 Å². The lowest BCUT2D eigenvalue weighted by Gasteiger charge is -2.13. The Bertz CT molecular complexity index is 84.5. The van der Waals surface area contributed by atoms with E-state index in [0.29, 0.717) is 6.04 Å². The van der Waals surface area contributed by atoms with Gasteiger partial charge in [-0.2, -0.15) is 0 Å². The highest BCUT2D eigenvalue weighted by Crippen LogP contribution is 1.87. The van der Waals surface area contributed by atoms with Crippen LogP contribution in [0.15, 0.2) is 0 Å². The normalized spacial score (nSPS) is 13.9. The van der Waals surface area contributed by atoms with Crippen molar-refractivity contribution in [2.24, 2.45) is 17.2 Å². The van der Waals surface area contributed by atoms with E-state index in [-0.39, 0.29) is 6.17 Å². The number of nitrogens with one attached hydrogen (secondary N) is 1. The number of hydrogen-bond acceptors (Lipinski definition) is 4. The number of nitrogens with two attached hydrogens (primary N) is 3. The Morgan fingerprint density at radius 2 is 1.91 bits per heavy atom. The van der Waals surface area contributed by atoms with Gasteiger partial charge in [-0.1, -0.05) is 0 Å². The fraction of sp³-hybridized carbons (Fsp3) is 1.00. The summed E-state index contributed by atoms with van der Waals surface area (Å²) < 4.78 is 0. The number of hydrogen-bond donors (Lipinski definition) is 4. The molecule has 0 heterocycles. The molecule has 7 N–H and O–H groups in total. The molecule has 0 aliphatic carbocycles. The Morgan fingerprint density at radius 1 is 1.27 bits per heavy atom. The van der Waals surface area contributed by atoms with Crippen LogP contribution in [0.5, 0.6) is 0 Å². The van der Waals surface area contributed by atoms with Gasteiger partial charge in [-0.3, -0.25) is 0 Å². The third-order valence-corrected chi connectivity index (χ3v) is 1.57. The second-order valence-electron chi connectivity index (χ2n) is 2.89. The van der Waals surface area contributed by atoms with Gasteiger partial charge in [-0.25, -0.2) is 0 Å². The molecule has 0 bridgehead atoms. The van der Waals surface area contributed by atoms with E-state index in [0.717, 1.165) is 25.9 Å². The van der Waals surface area contributed by atoms with E-state index in [1.165, 1.54) is 0 Å².